The Morgan fingerprint density at radius 3 is 2.29 bits per heavy atom. The molecule has 2 bridgehead atoms. The first-order valence-corrected chi connectivity index (χ1v) is 12.2. The molecule has 35 heavy (non-hydrogen) atoms. The maximum atomic E-state index is 13.9. The SMILES string of the molecule is Cc1ccccc1N(Cc1ccc(F)c(F)c1)C(=O)OC1C2CCC1CN(Cc1ccccc1)C2. The molecule has 1 aliphatic heterocycles. The van der Waals surface area contributed by atoms with E-state index in [9.17, 15) is 13.6 Å². The van der Waals surface area contributed by atoms with Gasteiger partial charge in [0.15, 0.2) is 11.6 Å². The summed E-state index contributed by atoms with van der Waals surface area (Å²) in [4.78, 5) is 17.5. The average Bonchev–Trinajstić information content (AvgIpc) is 3.08. The van der Waals surface area contributed by atoms with Crippen molar-refractivity contribution in [3.8, 4) is 0 Å². The quantitative estimate of drug-likeness (QED) is 0.417. The van der Waals surface area contributed by atoms with Gasteiger partial charge in [0.2, 0.25) is 0 Å². The minimum absolute atomic E-state index is 0.100. The number of carbonyl (C=O) groups is 1. The fourth-order valence-electron chi connectivity index (χ4n) is 5.55. The number of carbonyl (C=O) groups excluding carboxylic acids is 1. The molecule has 1 heterocycles. The Hall–Kier alpha value is -3.25. The highest BCUT2D eigenvalue weighted by molar-refractivity contribution is 5.88. The molecule has 2 fully saturated rings. The lowest BCUT2D eigenvalue weighted by Crippen LogP contribution is -2.47. The van der Waals surface area contributed by atoms with Crippen LogP contribution in [0.1, 0.15) is 29.5 Å². The highest BCUT2D eigenvalue weighted by Crippen LogP contribution is 2.40. The Morgan fingerprint density at radius 1 is 0.914 bits per heavy atom. The summed E-state index contributed by atoms with van der Waals surface area (Å²) < 4.78 is 33.5. The average molecular weight is 477 g/mol. The number of amides is 1. The number of benzene rings is 3. The molecule has 5 rings (SSSR count). The molecule has 3 aromatic carbocycles. The number of piperidine rings is 1. The van der Waals surface area contributed by atoms with E-state index in [2.05, 4.69) is 29.2 Å². The van der Waals surface area contributed by atoms with Gasteiger partial charge < -0.3 is 4.74 Å². The predicted octanol–water partition coefficient (Wildman–Crippen LogP) is 6.33. The summed E-state index contributed by atoms with van der Waals surface area (Å²) in [5.74, 6) is -1.24. The van der Waals surface area contributed by atoms with E-state index < -0.39 is 17.7 Å². The number of hydrogen-bond donors (Lipinski definition) is 0. The van der Waals surface area contributed by atoms with Gasteiger partial charge in [0.25, 0.3) is 0 Å². The molecule has 2 aliphatic rings. The fraction of sp³-hybridized carbons (Fsp3) is 0.345. The maximum absolute atomic E-state index is 13.9. The Bertz CT molecular complexity index is 1170. The lowest BCUT2D eigenvalue weighted by atomic mass is 9.94. The van der Waals surface area contributed by atoms with Crippen molar-refractivity contribution in [3.05, 3.63) is 101 Å². The van der Waals surface area contributed by atoms with Crippen molar-refractivity contribution in [2.75, 3.05) is 18.0 Å². The van der Waals surface area contributed by atoms with E-state index in [0.717, 1.165) is 50.2 Å². The summed E-state index contributed by atoms with van der Waals surface area (Å²) in [5.41, 5.74) is 3.41. The molecule has 0 aromatic heterocycles. The van der Waals surface area contributed by atoms with Gasteiger partial charge in [-0.25, -0.2) is 13.6 Å². The summed E-state index contributed by atoms with van der Waals surface area (Å²) in [6.07, 6.45) is 1.51. The van der Waals surface area contributed by atoms with E-state index in [1.165, 1.54) is 16.5 Å². The van der Waals surface area contributed by atoms with Crippen LogP contribution in [0.15, 0.2) is 72.8 Å². The van der Waals surface area contributed by atoms with Gasteiger partial charge in [-0.05, 0) is 54.7 Å². The van der Waals surface area contributed by atoms with Crippen LogP contribution in [0.25, 0.3) is 0 Å². The molecule has 2 unspecified atom stereocenters. The lowest BCUT2D eigenvalue weighted by molar-refractivity contribution is -0.0000904. The minimum Gasteiger partial charge on any atom is -0.445 e. The second kappa shape index (κ2) is 10.2. The molecule has 6 heteroatoms. The van der Waals surface area contributed by atoms with Crippen molar-refractivity contribution in [3.63, 3.8) is 0 Å². The van der Waals surface area contributed by atoms with Gasteiger partial charge >= 0.3 is 6.09 Å². The van der Waals surface area contributed by atoms with E-state index in [0.29, 0.717) is 23.1 Å². The molecule has 4 nitrogen and oxygen atoms in total. The molecule has 3 aromatic rings. The molecule has 1 saturated carbocycles. The van der Waals surface area contributed by atoms with Gasteiger partial charge in [-0.2, -0.15) is 0 Å². The summed E-state index contributed by atoms with van der Waals surface area (Å²) in [7, 11) is 0. The van der Waals surface area contributed by atoms with Gasteiger partial charge in [-0.1, -0.05) is 54.6 Å². The van der Waals surface area contributed by atoms with Crippen LogP contribution in [0, 0.1) is 30.4 Å². The Morgan fingerprint density at radius 2 is 1.60 bits per heavy atom. The van der Waals surface area contributed by atoms with Crippen LogP contribution in [0.4, 0.5) is 19.3 Å². The molecule has 1 amide bonds. The van der Waals surface area contributed by atoms with Crippen LogP contribution in [-0.4, -0.2) is 30.2 Å². The number of hydrogen-bond acceptors (Lipinski definition) is 3. The lowest BCUT2D eigenvalue weighted by Gasteiger charge is -2.38. The van der Waals surface area contributed by atoms with Crippen molar-refractivity contribution in [2.24, 2.45) is 11.8 Å². The number of ether oxygens (including phenoxy) is 1. The van der Waals surface area contributed by atoms with Crippen molar-refractivity contribution < 1.29 is 18.3 Å². The van der Waals surface area contributed by atoms with Crippen molar-refractivity contribution in [1.29, 1.82) is 0 Å². The molecule has 0 radical (unpaired) electrons. The third kappa shape index (κ3) is 5.22. The second-order valence-corrected chi connectivity index (χ2v) is 9.75. The zero-order valence-corrected chi connectivity index (χ0v) is 19.9. The van der Waals surface area contributed by atoms with E-state index in [-0.39, 0.29) is 12.6 Å². The summed E-state index contributed by atoms with van der Waals surface area (Å²) >= 11 is 0. The third-order valence-electron chi connectivity index (χ3n) is 7.26. The van der Waals surface area contributed by atoms with Crippen molar-refractivity contribution >= 4 is 11.8 Å². The summed E-state index contributed by atoms with van der Waals surface area (Å²) in [5, 5.41) is 0. The van der Waals surface area contributed by atoms with Crippen LogP contribution in [0.5, 0.6) is 0 Å². The smallest absolute Gasteiger partial charge is 0.414 e. The molecular formula is C29H30F2N2O2. The Labute approximate surface area is 205 Å². The molecule has 0 spiro atoms. The predicted molar refractivity (Wildman–Crippen MR) is 132 cm³/mol. The molecule has 2 atom stereocenters. The zero-order valence-electron chi connectivity index (χ0n) is 19.9. The fourth-order valence-corrected chi connectivity index (χ4v) is 5.55. The third-order valence-corrected chi connectivity index (χ3v) is 7.26. The van der Waals surface area contributed by atoms with E-state index in [1.54, 1.807) is 0 Å². The summed E-state index contributed by atoms with van der Waals surface area (Å²) in [6.45, 7) is 4.73. The molecular weight excluding hydrogens is 446 g/mol. The number of rotatable bonds is 6. The molecule has 1 aliphatic carbocycles. The van der Waals surface area contributed by atoms with Crippen LogP contribution in [0.3, 0.4) is 0 Å². The second-order valence-electron chi connectivity index (χ2n) is 9.75. The van der Waals surface area contributed by atoms with Gasteiger partial charge in [0, 0.05) is 31.5 Å². The standard InChI is InChI=1S/C29H30F2N2O2/c1-20-7-5-6-10-27(20)33(17-22-11-14-25(30)26(31)15-22)29(34)35-28-23-12-13-24(28)19-32(18-23)16-21-8-3-2-4-9-21/h2-11,14-15,23-24,28H,12-13,16-19H2,1H3. The van der Waals surface area contributed by atoms with Crippen molar-refractivity contribution in [2.45, 2.75) is 39.0 Å². The number of fused-ring (bicyclic) bond motifs is 2. The number of likely N-dealkylation sites (tertiary alicyclic amines) is 1. The largest absolute Gasteiger partial charge is 0.445 e. The zero-order chi connectivity index (χ0) is 24.4. The van der Waals surface area contributed by atoms with Crippen LogP contribution < -0.4 is 4.90 Å². The number of aryl methyl sites for hydroxylation is 1. The van der Waals surface area contributed by atoms with Crippen LogP contribution in [-0.2, 0) is 17.8 Å². The first kappa shape index (κ1) is 23.5. The monoisotopic (exact) mass is 476 g/mol. The number of anilines is 1. The van der Waals surface area contributed by atoms with Gasteiger partial charge in [-0.15, -0.1) is 0 Å². The summed E-state index contributed by atoms with van der Waals surface area (Å²) in [6, 6.07) is 21.7. The topological polar surface area (TPSA) is 32.8 Å². The first-order chi connectivity index (χ1) is 17.0. The van der Waals surface area contributed by atoms with E-state index in [4.69, 9.17) is 4.74 Å². The number of para-hydroxylation sites is 1. The molecule has 0 N–H and O–H groups in total. The van der Waals surface area contributed by atoms with Gasteiger partial charge in [0.1, 0.15) is 6.10 Å². The van der Waals surface area contributed by atoms with Crippen LogP contribution >= 0.6 is 0 Å². The van der Waals surface area contributed by atoms with Gasteiger partial charge in [-0.3, -0.25) is 9.80 Å². The molecule has 182 valence electrons. The van der Waals surface area contributed by atoms with E-state index >= 15 is 0 Å². The Kier molecular flexibility index (Phi) is 6.82. The number of halogens is 2. The minimum atomic E-state index is -0.926. The van der Waals surface area contributed by atoms with Crippen molar-refractivity contribution in [1.82, 2.24) is 4.90 Å². The van der Waals surface area contributed by atoms with Gasteiger partial charge in [0.05, 0.1) is 12.2 Å². The Balaban J connectivity index is 1.32. The first-order valence-electron chi connectivity index (χ1n) is 12.2. The highest BCUT2D eigenvalue weighted by atomic mass is 19.2. The normalized spacial score (nSPS) is 21.6. The molecule has 1 saturated heterocycles. The van der Waals surface area contributed by atoms with E-state index in [1.807, 2.05) is 37.3 Å². The maximum Gasteiger partial charge on any atom is 0.414 e. The highest BCUT2D eigenvalue weighted by Gasteiger charge is 2.45. The number of nitrogens with zero attached hydrogens (tertiary/aromatic N) is 2. The van der Waals surface area contributed by atoms with Crippen LogP contribution in [0.2, 0.25) is 0 Å².